The Morgan fingerprint density at radius 2 is 1.83 bits per heavy atom. The molecule has 184 valence electrons. The van der Waals surface area contributed by atoms with E-state index in [0.717, 1.165) is 42.4 Å². The lowest BCUT2D eigenvalue weighted by Crippen LogP contribution is -2.50. The molecule has 1 aliphatic rings. The largest absolute Gasteiger partial charge is 0.351 e. The third kappa shape index (κ3) is 4.25. The first-order valence-electron chi connectivity index (χ1n) is 12.2. The number of rotatable bonds is 5. The van der Waals surface area contributed by atoms with Crippen molar-refractivity contribution in [1.82, 2.24) is 15.3 Å². The van der Waals surface area contributed by atoms with E-state index in [1.807, 2.05) is 24.3 Å². The minimum Gasteiger partial charge on any atom is -0.351 e. The second-order valence-corrected chi connectivity index (χ2v) is 9.90. The Kier molecular flexibility index (Phi) is 6.73. The highest BCUT2D eigenvalue weighted by Gasteiger charge is 2.27. The minimum absolute atomic E-state index is 0.160. The molecule has 1 atom stereocenters. The van der Waals surface area contributed by atoms with Crippen LogP contribution in [0.4, 0.5) is 10.2 Å². The lowest BCUT2D eigenvalue weighted by atomic mass is 9.90. The first-order valence-corrected chi connectivity index (χ1v) is 12.6. The third-order valence-corrected chi connectivity index (χ3v) is 7.09. The molecule has 3 heterocycles. The number of halogens is 2. The van der Waals surface area contributed by atoms with Crippen molar-refractivity contribution in [2.24, 2.45) is 0 Å². The summed E-state index contributed by atoms with van der Waals surface area (Å²) in [7, 11) is 0. The van der Waals surface area contributed by atoms with Gasteiger partial charge in [0.25, 0.3) is 0 Å². The zero-order valence-corrected chi connectivity index (χ0v) is 21.3. The predicted molar refractivity (Wildman–Crippen MR) is 145 cm³/mol. The summed E-state index contributed by atoms with van der Waals surface area (Å²) >= 11 is 6.75. The summed E-state index contributed by atoms with van der Waals surface area (Å²) in [5.74, 6) is 0.472. The van der Waals surface area contributed by atoms with E-state index in [4.69, 9.17) is 21.6 Å². The van der Waals surface area contributed by atoms with E-state index in [-0.39, 0.29) is 12.0 Å². The maximum Gasteiger partial charge on any atom is 0.169 e. The monoisotopic (exact) mass is 502 g/mol. The normalized spacial score (nSPS) is 16.1. The van der Waals surface area contributed by atoms with E-state index in [9.17, 15) is 9.18 Å². The van der Waals surface area contributed by atoms with E-state index in [2.05, 4.69) is 37.1 Å². The van der Waals surface area contributed by atoms with Crippen molar-refractivity contribution in [2.75, 3.05) is 24.5 Å². The molecule has 1 fully saturated rings. The summed E-state index contributed by atoms with van der Waals surface area (Å²) in [6.07, 6.45) is 0.793. The Morgan fingerprint density at radius 3 is 2.53 bits per heavy atom. The molecule has 2 aromatic heterocycles. The van der Waals surface area contributed by atoms with Gasteiger partial charge in [0, 0.05) is 42.2 Å². The van der Waals surface area contributed by atoms with Crippen LogP contribution < -0.4 is 10.2 Å². The summed E-state index contributed by atoms with van der Waals surface area (Å²) in [6, 6.07) is 16.4. The number of aromatic nitrogens is 2. The van der Waals surface area contributed by atoms with Crippen LogP contribution in [0.1, 0.15) is 42.7 Å². The highest BCUT2D eigenvalue weighted by Crippen LogP contribution is 2.41. The fourth-order valence-corrected chi connectivity index (χ4v) is 5.25. The van der Waals surface area contributed by atoms with Gasteiger partial charge in [-0.2, -0.15) is 0 Å². The van der Waals surface area contributed by atoms with Crippen LogP contribution in [-0.2, 0) is 0 Å². The molecule has 0 unspecified atom stereocenters. The van der Waals surface area contributed by atoms with E-state index in [1.165, 1.54) is 6.07 Å². The average molecular weight is 503 g/mol. The number of pyridine rings is 2. The van der Waals surface area contributed by atoms with Gasteiger partial charge in [-0.25, -0.2) is 14.4 Å². The zero-order valence-electron chi connectivity index (χ0n) is 20.6. The van der Waals surface area contributed by atoms with Crippen molar-refractivity contribution in [2.45, 2.75) is 32.7 Å². The maximum atomic E-state index is 14.8. The van der Waals surface area contributed by atoms with Crippen molar-refractivity contribution >= 4 is 34.6 Å². The Balaban J connectivity index is 1.90. The molecule has 0 saturated carbocycles. The predicted octanol–water partition coefficient (Wildman–Crippen LogP) is 6.49. The van der Waals surface area contributed by atoms with Gasteiger partial charge in [0.2, 0.25) is 0 Å². The number of aldehydes is 1. The number of hydrogen-bond acceptors (Lipinski definition) is 5. The van der Waals surface area contributed by atoms with E-state index in [0.29, 0.717) is 38.9 Å². The second-order valence-electron chi connectivity index (χ2n) is 9.50. The number of nitrogens with zero attached hydrogens (tertiary/aromatic N) is 3. The van der Waals surface area contributed by atoms with Crippen LogP contribution in [0, 0.1) is 5.82 Å². The van der Waals surface area contributed by atoms with Gasteiger partial charge in [-0.1, -0.05) is 61.8 Å². The van der Waals surface area contributed by atoms with Crippen molar-refractivity contribution in [1.29, 1.82) is 0 Å². The molecule has 2 aromatic carbocycles. The number of hydrogen-bond donors (Lipinski definition) is 1. The Labute approximate surface area is 215 Å². The number of piperazine rings is 1. The summed E-state index contributed by atoms with van der Waals surface area (Å²) in [6.45, 7) is 8.67. The average Bonchev–Trinajstić information content (AvgIpc) is 2.88. The molecule has 0 spiro atoms. The fraction of sp³-hybridized carbons (Fsp3) is 0.276. The van der Waals surface area contributed by atoms with Gasteiger partial charge in [0.05, 0.1) is 16.2 Å². The molecule has 0 radical (unpaired) electrons. The van der Waals surface area contributed by atoms with Gasteiger partial charge >= 0.3 is 0 Å². The molecule has 1 N–H and O–H groups in total. The summed E-state index contributed by atoms with van der Waals surface area (Å²) in [5.41, 5.74) is 4.17. The summed E-state index contributed by atoms with van der Waals surface area (Å²) in [5, 5.41) is 4.47. The molecule has 1 aliphatic heterocycles. The highest BCUT2D eigenvalue weighted by atomic mass is 35.5. The quantitative estimate of drug-likeness (QED) is 0.316. The van der Waals surface area contributed by atoms with Crippen molar-refractivity contribution in [3.05, 3.63) is 76.7 Å². The van der Waals surface area contributed by atoms with Gasteiger partial charge in [-0.05, 0) is 42.2 Å². The molecule has 0 aliphatic carbocycles. The molecule has 7 heteroatoms. The molecule has 5 nitrogen and oxygen atoms in total. The number of carbonyl (C=O) groups excluding carboxylic acids is 1. The van der Waals surface area contributed by atoms with Crippen LogP contribution in [0.25, 0.3) is 33.3 Å². The van der Waals surface area contributed by atoms with Crippen molar-refractivity contribution < 1.29 is 9.18 Å². The van der Waals surface area contributed by atoms with Gasteiger partial charge in [0.15, 0.2) is 6.29 Å². The summed E-state index contributed by atoms with van der Waals surface area (Å²) in [4.78, 5) is 24.5. The van der Waals surface area contributed by atoms with Crippen LogP contribution in [0.2, 0.25) is 5.02 Å². The van der Waals surface area contributed by atoms with Gasteiger partial charge < -0.3 is 10.2 Å². The lowest BCUT2D eigenvalue weighted by molar-refractivity contribution is 0.112. The molecular weight excluding hydrogens is 475 g/mol. The van der Waals surface area contributed by atoms with Gasteiger partial charge in [0.1, 0.15) is 17.3 Å². The molecule has 5 rings (SSSR count). The van der Waals surface area contributed by atoms with E-state index >= 15 is 0 Å². The van der Waals surface area contributed by atoms with Crippen molar-refractivity contribution in [3.63, 3.8) is 0 Å². The van der Waals surface area contributed by atoms with E-state index in [1.54, 1.807) is 18.2 Å². The van der Waals surface area contributed by atoms with Crippen molar-refractivity contribution in [3.8, 4) is 22.4 Å². The first kappa shape index (κ1) is 24.3. The zero-order chi connectivity index (χ0) is 25.4. The number of benzene rings is 2. The molecule has 4 aromatic rings. The van der Waals surface area contributed by atoms with Crippen LogP contribution in [0.15, 0.2) is 54.6 Å². The number of anilines is 1. The van der Waals surface area contributed by atoms with Crippen LogP contribution in [-0.4, -0.2) is 41.9 Å². The Hall–Kier alpha value is -3.35. The summed E-state index contributed by atoms with van der Waals surface area (Å²) < 4.78 is 14.8. The van der Waals surface area contributed by atoms with Crippen LogP contribution in [0.5, 0.6) is 0 Å². The SMILES string of the molecule is CC(C)c1ccccc1-c1c(C=O)nc(N2CCNC[C@@H]2C)c2cc(Cl)c(-c3ccccc3F)nc12. The van der Waals surface area contributed by atoms with Gasteiger partial charge in [-0.3, -0.25) is 4.79 Å². The number of carbonyl (C=O) groups is 1. The van der Waals surface area contributed by atoms with E-state index < -0.39 is 5.82 Å². The molecule has 1 saturated heterocycles. The Morgan fingerprint density at radius 1 is 1.11 bits per heavy atom. The molecule has 0 amide bonds. The number of fused-ring (bicyclic) bond motifs is 1. The number of nitrogens with one attached hydrogen (secondary N) is 1. The molecular formula is C29H28ClFN4O. The highest BCUT2D eigenvalue weighted by molar-refractivity contribution is 6.34. The molecule has 36 heavy (non-hydrogen) atoms. The third-order valence-electron chi connectivity index (χ3n) is 6.80. The topological polar surface area (TPSA) is 58.1 Å². The maximum absolute atomic E-state index is 14.8. The van der Waals surface area contributed by atoms with Gasteiger partial charge in [-0.15, -0.1) is 0 Å². The van der Waals surface area contributed by atoms with Crippen LogP contribution >= 0.6 is 11.6 Å². The Bertz CT molecular complexity index is 1460. The standard InChI is InChI=1S/C29H28ClFN4O/c1-17(2)19-8-4-5-9-20(19)26-25(16-36)33-29(35-13-12-32-15-18(35)3)22-14-23(30)27(34-28(22)26)21-10-6-7-11-24(21)31/h4-11,14,16-18,32H,12-13,15H2,1-3H3/t18-/m0/s1. The first-order chi connectivity index (χ1) is 17.4. The molecule has 0 bridgehead atoms. The second kappa shape index (κ2) is 9.96. The lowest BCUT2D eigenvalue weighted by Gasteiger charge is -2.36. The smallest absolute Gasteiger partial charge is 0.169 e. The van der Waals surface area contributed by atoms with Crippen LogP contribution in [0.3, 0.4) is 0 Å². The minimum atomic E-state index is -0.406. The fourth-order valence-electron chi connectivity index (χ4n) is 5.00.